The first-order valence-corrected chi connectivity index (χ1v) is 12.4. The third kappa shape index (κ3) is 5.88. The largest absolute Gasteiger partial charge is 0.872 e. The van der Waals surface area contributed by atoms with E-state index in [1.165, 1.54) is 4.90 Å². The number of carbonyl (C=O) groups excluding carboxylic acids is 2. The Balaban J connectivity index is 2.04. The van der Waals surface area contributed by atoms with Crippen LogP contribution in [0.5, 0.6) is 5.75 Å². The molecule has 1 heterocycles. The van der Waals surface area contributed by atoms with Crippen molar-refractivity contribution < 1.29 is 24.3 Å². The molecule has 1 amide bonds. The number of amides is 1. The van der Waals surface area contributed by atoms with Crippen LogP contribution in [0.2, 0.25) is 0 Å². The first kappa shape index (κ1) is 26.0. The van der Waals surface area contributed by atoms with Crippen LogP contribution in [0.25, 0.3) is 5.76 Å². The zero-order chi connectivity index (χ0) is 25.0. The normalized spacial score (nSPS) is 17.8. The Bertz CT molecular complexity index is 1090. The Hall–Kier alpha value is -2.64. The van der Waals surface area contributed by atoms with Crippen molar-refractivity contribution in [2.24, 2.45) is 5.92 Å². The zero-order valence-electron chi connectivity index (χ0n) is 20.5. The van der Waals surface area contributed by atoms with E-state index in [0.29, 0.717) is 30.4 Å². The van der Waals surface area contributed by atoms with Gasteiger partial charge in [-0.25, -0.2) is 0 Å². The Labute approximate surface area is 210 Å². The van der Waals surface area contributed by atoms with Crippen LogP contribution in [0, 0.1) is 12.8 Å². The summed E-state index contributed by atoms with van der Waals surface area (Å²) in [6, 6.07) is 11.9. The Kier molecular flexibility index (Phi) is 8.55. The number of likely N-dealkylation sites (tertiary alicyclic amines) is 1. The maximum Gasteiger partial charge on any atom is 0.295 e. The van der Waals surface area contributed by atoms with Crippen molar-refractivity contribution in [2.75, 3.05) is 33.8 Å². The minimum atomic E-state index is -0.718. The molecule has 1 atom stereocenters. The van der Waals surface area contributed by atoms with Gasteiger partial charge in [0.2, 0.25) is 5.78 Å². The van der Waals surface area contributed by atoms with Gasteiger partial charge in [0.05, 0.1) is 33.3 Å². The number of hydrogen-bond donors (Lipinski definition) is 1. The van der Waals surface area contributed by atoms with Gasteiger partial charge in [0.15, 0.2) is 0 Å². The second kappa shape index (κ2) is 11.2. The number of nitrogens with one attached hydrogen (secondary N) is 1. The number of ether oxygens (including phenoxy) is 1. The van der Waals surface area contributed by atoms with Crippen LogP contribution in [0.4, 0.5) is 0 Å². The standard InChI is InChI=1S/C27H33BrN2O4/c1-17(2)16-34-22-11-10-20(14-18(22)3)25(31)23-24(19-8-6-9-21(28)15-19)30(27(33)26(23)32)13-7-12-29(4)5/h6,8-11,14-15,17,24,31H,7,12-13,16H2,1-5H3/b25-23+. The van der Waals surface area contributed by atoms with E-state index in [2.05, 4.69) is 29.8 Å². The van der Waals surface area contributed by atoms with Gasteiger partial charge >= 0.3 is 0 Å². The average Bonchev–Trinajstić information content (AvgIpc) is 3.02. The first-order valence-electron chi connectivity index (χ1n) is 11.6. The SMILES string of the molecule is Cc1cc(/C([O-])=C2\C(=O)C(=O)N(CCC[NH+](C)C)C2c2cccc(Br)c2)ccc1OCC(C)C. The van der Waals surface area contributed by atoms with E-state index in [0.717, 1.165) is 28.6 Å². The fourth-order valence-corrected chi connectivity index (χ4v) is 4.51. The number of carbonyl (C=O) groups is 2. The van der Waals surface area contributed by atoms with Crippen LogP contribution in [0.15, 0.2) is 52.5 Å². The molecule has 0 spiro atoms. The molecule has 2 aromatic rings. The van der Waals surface area contributed by atoms with Gasteiger partial charge in [0, 0.05) is 23.0 Å². The molecule has 1 unspecified atom stereocenters. The summed E-state index contributed by atoms with van der Waals surface area (Å²) in [5.74, 6) is -0.659. The van der Waals surface area contributed by atoms with Crippen molar-refractivity contribution in [3.63, 3.8) is 0 Å². The number of rotatable bonds is 9. The van der Waals surface area contributed by atoms with Crippen LogP contribution in [0.3, 0.4) is 0 Å². The molecule has 6 nitrogen and oxygen atoms in total. The molecule has 0 saturated carbocycles. The maximum absolute atomic E-state index is 13.6. The monoisotopic (exact) mass is 528 g/mol. The molecule has 0 radical (unpaired) electrons. The van der Waals surface area contributed by atoms with Gasteiger partial charge in [-0.2, -0.15) is 0 Å². The Morgan fingerprint density at radius 2 is 1.91 bits per heavy atom. The third-order valence-electron chi connectivity index (χ3n) is 5.78. The van der Waals surface area contributed by atoms with Crippen molar-refractivity contribution in [1.82, 2.24) is 4.90 Å². The summed E-state index contributed by atoms with van der Waals surface area (Å²) < 4.78 is 6.65. The highest BCUT2D eigenvalue weighted by Gasteiger charge is 2.44. The van der Waals surface area contributed by atoms with E-state index >= 15 is 0 Å². The number of aryl methyl sites for hydroxylation is 1. The van der Waals surface area contributed by atoms with Crippen LogP contribution in [-0.4, -0.2) is 50.4 Å². The van der Waals surface area contributed by atoms with Crippen molar-refractivity contribution in [3.8, 4) is 5.75 Å². The lowest BCUT2D eigenvalue weighted by atomic mass is 9.94. The van der Waals surface area contributed by atoms with Gasteiger partial charge in [-0.3, -0.25) is 9.59 Å². The van der Waals surface area contributed by atoms with E-state index in [-0.39, 0.29) is 5.57 Å². The van der Waals surface area contributed by atoms with Crippen LogP contribution in [-0.2, 0) is 9.59 Å². The number of hydrogen-bond acceptors (Lipinski definition) is 4. The number of quaternary nitrogens is 1. The molecule has 2 aromatic carbocycles. The molecule has 1 aliphatic heterocycles. The molecule has 0 aromatic heterocycles. The molecular weight excluding hydrogens is 496 g/mol. The number of benzene rings is 2. The second-order valence-corrected chi connectivity index (χ2v) is 10.4. The molecule has 0 aliphatic carbocycles. The van der Waals surface area contributed by atoms with Gasteiger partial charge in [-0.1, -0.05) is 53.7 Å². The van der Waals surface area contributed by atoms with Crippen molar-refractivity contribution in [1.29, 1.82) is 0 Å². The van der Waals surface area contributed by atoms with E-state index < -0.39 is 23.5 Å². The average molecular weight is 529 g/mol. The predicted molar refractivity (Wildman–Crippen MR) is 134 cm³/mol. The Morgan fingerprint density at radius 1 is 1.18 bits per heavy atom. The number of nitrogens with zero attached hydrogens (tertiary/aromatic N) is 1. The highest BCUT2D eigenvalue weighted by atomic mass is 79.9. The molecule has 34 heavy (non-hydrogen) atoms. The summed E-state index contributed by atoms with van der Waals surface area (Å²) in [5, 5.41) is 13.6. The molecular formula is C27H33BrN2O4. The van der Waals surface area contributed by atoms with E-state index in [4.69, 9.17) is 4.74 Å². The summed E-state index contributed by atoms with van der Waals surface area (Å²) >= 11 is 3.48. The third-order valence-corrected chi connectivity index (χ3v) is 6.27. The topological polar surface area (TPSA) is 74.1 Å². The molecule has 7 heteroatoms. The van der Waals surface area contributed by atoms with Crippen molar-refractivity contribution >= 4 is 33.4 Å². The summed E-state index contributed by atoms with van der Waals surface area (Å²) in [6.07, 6.45) is 0.730. The highest BCUT2D eigenvalue weighted by Crippen LogP contribution is 2.39. The first-order chi connectivity index (χ1) is 16.1. The smallest absolute Gasteiger partial charge is 0.295 e. The van der Waals surface area contributed by atoms with Crippen LogP contribution < -0.4 is 14.7 Å². The molecule has 1 saturated heterocycles. The van der Waals surface area contributed by atoms with Crippen molar-refractivity contribution in [3.05, 3.63) is 69.2 Å². The fraction of sp³-hybridized carbons (Fsp3) is 0.407. The van der Waals surface area contributed by atoms with Gasteiger partial charge in [0.1, 0.15) is 5.75 Å². The number of Topliss-reactive ketones (excluding diaryl/α,β-unsaturated/α-hetero) is 1. The number of ketones is 1. The van der Waals surface area contributed by atoms with Gasteiger partial charge in [-0.15, -0.1) is 0 Å². The van der Waals surface area contributed by atoms with Gasteiger partial charge in [-0.05, 0) is 53.8 Å². The molecule has 1 N–H and O–H groups in total. The minimum Gasteiger partial charge on any atom is -0.872 e. The van der Waals surface area contributed by atoms with Gasteiger partial charge in [0.25, 0.3) is 5.91 Å². The summed E-state index contributed by atoms with van der Waals surface area (Å²) in [5.41, 5.74) is 1.94. The highest BCUT2D eigenvalue weighted by molar-refractivity contribution is 9.10. The van der Waals surface area contributed by atoms with E-state index in [9.17, 15) is 14.7 Å². The summed E-state index contributed by atoms with van der Waals surface area (Å²) in [6.45, 7) is 7.85. The lowest BCUT2D eigenvalue weighted by Gasteiger charge is -2.28. The van der Waals surface area contributed by atoms with Crippen molar-refractivity contribution in [2.45, 2.75) is 33.2 Å². The molecule has 1 fully saturated rings. The summed E-state index contributed by atoms with van der Waals surface area (Å²) in [4.78, 5) is 29.0. The molecule has 182 valence electrons. The fourth-order valence-electron chi connectivity index (χ4n) is 4.09. The van der Waals surface area contributed by atoms with E-state index in [1.54, 1.807) is 23.1 Å². The van der Waals surface area contributed by atoms with Gasteiger partial charge < -0.3 is 19.6 Å². The van der Waals surface area contributed by atoms with Crippen LogP contribution in [0.1, 0.15) is 43.0 Å². The number of halogens is 1. The van der Waals surface area contributed by atoms with E-state index in [1.807, 2.05) is 45.3 Å². The predicted octanol–water partition coefficient (Wildman–Crippen LogP) is 2.55. The maximum atomic E-state index is 13.6. The lowest BCUT2D eigenvalue weighted by Crippen LogP contribution is -3.05. The molecule has 1 aliphatic rings. The minimum absolute atomic E-state index is 0.00977. The lowest BCUT2D eigenvalue weighted by molar-refractivity contribution is -0.858. The zero-order valence-corrected chi connectivity index (χ0v) is 22.1. The summed E-state index contributed by atoms with van der Waals surface area (Å²) in [7, 11) is 4.08. The quantitative estimate of drug-likeness (QED) is 0.308. The second-order valence-electron chi connectivity index (χ2n) is 9.52. The Morgan fingerprint density at radius 3 is 2.53 bits per heavy atom. The molecule has 3 rings (SSSR count). The van der Waals surface area contributed by atoms with Crippen LogP contribution >= 0.6 is 15.9 Å². The molecule has 0 bridgehead atoms.